The molecule has 0 aromatic heterocycles. The van der Waals surface area contributed by atoms with Crippen molar-refractivity contribution in [2.75, 3.05) is 13.2 Å². The van der Waals surface area contributed by atoms with Crippen molar-refractivity contribution in [2.45, 2.75) is 19.9 Å². The van der Waals surface area contributed by atoms with Crippen molar-refractivity contribution in [3.05, 3.63) is 0 Å². The highest BCUT2D eigenvalue weighted by molar-refractivity contribution is 7.80. The lowest BCUT2D eigenvalue weighted by molar-refractivity contribution is 0.349. The van der Waals surface area contributed by atoms with Crippen LogP contribution in [-0.4, -0.2) is 35.2 Å². The van der Waals surface area contributed by atoms with Crippen LogP contribution in [0.5, 0.6) is 0 Å². The summed E-state index contributed by atoms with van der Waals surface area (Å²) in [6, 6.07) is 0.444. The Hall–Kier alpha value is -0.840. The Morgan fingerprint density at radius 2 is 2.42 bits per heavy atom. The van der Waals surface area contributed by atoms with Crippen molar-refractivity contribution in [2.24, 2.45) is 0 Å². The summed E-state index contributed by atoms with van der Waals surface area (Å²) in [6.45, 7) is 5.25. The third kappa shape index (κ3) is 2.07. The van der Waals surface area contributed by atoms with E-state index >= 15 is 0 Å². The quantitative estimate of drug-likeness (QED) is 0.588. The van der Waals surface area contributed by atoms with E-state index < -0.39 is 0 Å². The summed E-state index contributed by atoms with van der Waals surface area (Å²) < 4.78 is 4.95. The van der Waals surface area contributed by atoms with E-state index in [9.17, 15) is 0 Å². The molecule has 1 aliphatic heterocycles. The van der Waals surface area contributed by atoms with Gasteiger partial charge < -0.3 is 10.1 Å². The van der Waals surface area contributed by atoms with Gasteiger partial charge in [-0.2, -0.15) is 0 Å². The molecule has 1 heterocycles. The molecular formula is C7H13N3OS. The fourth-order valence-electron chi connectivity index (χ4n) is 0.932. The Kier molecular flexibility index (Phi) is 2.86. The summed E-state index contributed by atoms with van der Waals surface area (Å²) in [7, 11) is 0. The lowest BCUT2D eigenvalue weighted by Crippen LogP contribution is -2.43. The lowest BCUT2D eigenvalue weighted by atomic mass is 10.4. The number of hydrogen-bond donors (Lipinski definition) is 2. The zero-order chi connectivity index (χ0) is 9.14. The maximum Gasteiger partial charge on any atom is 0.290 e. The molecule has 0 radical (unpaired) electrons. The number of thiocarbonyl (C=S) groups is 1. The summed E-state index contributed by atoms with van der Waals surface area (Å²) in [5.74, 6) is 0. The van der Waals surface area contributed by atoms with E-state index in [2.05, 4.69) is 5.32 Å². The molecule has 0 aromatic rings. The van der Waals surface area contributed by atoms with Gasteiger partial charge in [0, 0.05) is 6.04 Å². The molecular weight excluding hydrogens is 174 g/mol. The molecule has 0 spiro atoms. The van der Waals surface area contributed by atoms with Crippen LogP contribution >= 0.6 is 12.2 Å². The van der Waals surface area contributed by atoms with Gasteiger partial charge in [-0.1, -0.05) is 0 Å². The topological polar surface area (TPSA) is 48.4 Å². The number of hydrogen-bond acceptors (Lipinski definition) is 3. The van der Waals surface area contributed by atoms with Crippen LogP contribution in [0.1, 0.15) is 13.8 Å². The summed E-state index contributed by atoms with van der Waals surface area (Å²) in [5, 5.41) is 11.0. The predicted molar refractivity (Wildman–Crippen MR) is 51.3 cm³/mol. The standard InChI is InChI=1S/C7H13N3OS/c1-5(2)9-7(12)10-3-4-11-6(10)8/h5,8H,3-4H2,1-2H3,(H,9,12). The Morgan fingerprint density at radius 1 is 1.75 bits per heavy atom. The maximum atomic E-state index is 7.36. The number of nitrogens with one attached hydrogen (secondary N) is 2. The van der Waals surface area contributed by atoms with Gasteiger partial charge in [0.25, 0.3) is 6.02 Å². The van der Waals surface area contributed by atoms with E-state index in [0.717, 1.165) is 0 Å². The highest BCUT2D eigenvalue weighted by atomic mass is 32.1. The van der Waals surface area contributed by atoms with Crippen LogP contribution in [0.3, 0.4) is 0 Å². The summed E-state index contributed by atoms with van der Waals surface area (Å²) >= 11 is 5.06. The molecule has 0 aromatic carbocycles. The van der Waals surface area contributed by atoms with E-state index in [1.165, 1.54) is 0 Å². The summed E-state index contributed by atoms with van der Waals surface area (Å²) in [6.07, 6.45) is 0. The molecule has 1 rings (SSSR count). The Labute approximate surface area is 77.4 Å². The molecule has 1 saturated heterocycles. The van der Waals surface area contributed by atoms with Crippen molar-refractivity contribution in [1.29, 1.82) is 5.41 Å². The van der Waals surface area contributed by atoms with Crippen molar-refractivity contribution in [3.8, 4) is 0 Å². The molecule has 1 aliphatic rings. The molecule has 4 nitrogen and oxygen atoms in total. The highest BCUT2D eigenvalue weighted by Gasteiger charge is 2.22. The summed E-state index contributed by atoms with van der Waals surface area (Å²) in [4.78, 5) is 1.65. The second kappa shape index (κ2) is 3.71. The number of rotatable bonds is 1. The zero-order valence-electron chi connectivity index (χ0n) is 7.26. The zero-order valence-corrected chi connectivity index (χ0v) is 8.07. The van der Waals surface area contributed by atoms with Crippen LogP contribution in [0.4, 0.5) is 0 Å². The van der Waals surface area contributed by atoms with Gasteiger partial charge in [0.2, 0.25) is 0 Å². The molecule has 0 saturated carbocycles. The predicted octanol–water partition coefficient (Wildman–Crippen LogP) is 0.536. The van der Waals surface area contributed by atoms with Crippen LogP contribution in [0.2, 0.25) is 0 Å². The van der Waals surface area contributed by atoms with E-state index in [1.807, 2.05) is 13.8 Å². The first-order valence-electron chi connectivity index (χ1n) is 3.90. The minimum Gasteiger partial charge on any atom is -0.463 e. The van der Waals surface area contributed by atoms with Gasteiger partial charge in [0.05, 0.1) is 6.54 Å². The van der Waals surface area contributed by atoms with Gasteiger partial charge in [-0.25, -0.2) is 0 Å². The Morgan fingerprint density at radius 3 is 2.83 bits per heavy atom. The van der Waals surface area contributed by atoms with E-state index in [4.69, 9.17) is 22.4 Å². The molecule has 1 fully saturated rings. The van der Waals surface area contributed by atoms with E-state index in [1.54, 1.807) is 4.90 Å². The molecule has 0 amide bonds. The molecule has 12 heavy (non-hydrogen) atoms. The van der Waals surface area contributed by atoms with E-state index in [-0.39, 0.29) is 6.02 Å². The van der Waals surface area contributed by atoms with Gasteiger partial charge in [-0.15, -0.1) is 0 Å². The van der Waals surface area contributed by atoms with Crippen molar-refractivity contribution in [3.63, 3.8) is 0 Å². The van der Waals surface area contributed by atoms with Crippen molar-refractivity contribution < 1.29 is 4.74 Å². The fourth-order valence-corrected chi connectivity index (χ4v) is 1.34. The smallest absolute Gasteiger partial charge is 0.290 e. The van der Waals surface area contributed by atoms with Gasteiger partial charge in [-0.3, -0.25) is 10.3 Å². The second-order valence-corrected chi connectivity index (χ2v) is 3.30. The first-order valence-corrected chi connectivity index (χ1v) is 4.31. The Bertz CT molecular complexity index is 205. The van der Waals surface area contributed by atoms with Gasteiger partial charge in [0.1, 0.15) is 6.61 Å². The first-order chi connectivity index (χ1) is 5.61. The van der Waals surface area contributed by atoms with Crippen LogP contribution in [-0.2, 0) is 4.74 Å². The molecule has 0 atom stereocenters. The van der Waals surface area contributed by atoms with Crippen LogP contribution in [0.25, 0.3) is 0 Å². The van der Waals surface area contributed by atoms with Crippen molar-refractivity contribution in [1.82, 2.24) is 10.2 Å². The normalized spacial score (nSPS) is 16.6. The lowest BCUT2D eigenvalue weighted by Gasteiger charge is -2.19. The van der Waals surface area contributed by atoms with Gasteiger partial charge >= 0.3 is 0 Å². The first kappa shape index (κ1) is 9.25. The largest absolute Gasteiger partial charge is 0.463 e. The minimum absolute atomic E-state index is 0.146. The minimum atomic E-state index is 0.146. The maximum absolute atomic E-state index is 7.36. The molecule has 5 heteroatoms. The van der Waals surface area contributed by atoms with Gasteiger partial charge in [0.15, 0.2) is 5.11 Å². The molecule has 0 unspecified atom stereocenters. The highest BCUT2D eigenvalue weighted by Crippen LogP contribution is 2.02. The van der Waals surface area contributed by atoms with Gasteiger partial charge in [-0.05, 0) is 26.1 Å². The second-order valence-electron chi connectivity index (χ2n) is 2.91. The number of amidine groups is 1. The molecule has 0 bridgehead atoms. The molecule has 68 valence electrons. The van der Waals surface area contributed by atoms with E-state index in [0.29, 0.717) is 24.3 Å². The number of ether oxygens (including phenoxy) is 1. The third-order valence-electron chi connectivity index (χ3n) is 1.46. The van der Waals surface area contributed by atoms with Crippen LogP contribution < -0.4 is 5.32 Å². The fraction of sp³-hybridized carbons (Fsp3) is 0.714. The monoisotopic (exact) mass is 187 g/mol. The van der Waals surface area contributed by atoms with Crippen LogP contribution in [0.15, 0.2) is 0 Å². The van der Waals surface area contributed by atoms with Crippen molar-refractivity contribution >= 4 is 23.4 Å². The molecule has 2 N–H and O–H groups in total. The Balaban J connectivity index is 2.46. The SMILES string of the molecule is CC(C)NC(=S)N1CCOC1=N. The third-order valence-corrected chi connectivity index (χ3v) is 1.79. The van der Waals surface area contributed by atoms with Crippen LogP contribution in [0, 0.1) is 5.41 Å². The summed E-state index contributed by atoms with van der Waals surface area (Å²) in [5.41, 5.74) is 0. The molecule has 0 aliphatic carbocycles. The average molecular weight is 187 g/mol. The number of nitrogens with zero attached hydrogens (tertiary/aromatic N) is 1. The average Bonchev–Trinajstić information content (AvgIpc) is 2.33.